The van der Waals surface area contributed by atoms with Crippen molar-refractivity contribution in [1.29, 1.82) is 0 Å². The minimum atomic E-state index is -0.314. The number of halogens is 1. The number of nitrogens with one attached hydrogen (secondary N) is 1. The van der Waals surface area contributed by atoms with Gasteiger partial charge in [0.15, 0.2) is 5.76 Å². The van der Waals surface area contributed by atoms with Gasteiger partial charge in [-0.3, -0.25) is 4.79 Å². The molecule has 0 spiro atoms. The first-order chi connectivity index (χ1) is 11.5. The minimum absolute atomic E-state index is 0.246. The molecule has 1 aromatic carbocycles. The van der Waals surface area contributed by atoms with Crippen molar-refractivity contribution in [3.8, 4) is 0 Å². The summed E-state index contributed by atoms with van der Waals surface area (Å²) >= 11 is 6.07. The largest absolute Gasteiger partial charge is 0.456 e. The average molecular weight is 345 g/mol. The molecular weight excluding hydrogens is 328 g/mol. The van der Waals surface area contributed by atoms with Gasteiger partial charge in [-0.05, 0) is 50.6 Å². The molecule has 0 atom stereocenters. The standard InChI is InChI=1S/C18H17ClN2O3/c1-10-15(19)5-4-6-16(10)20-18(22)17-8-7-13(23-17)9-14-11(2)21-24-12(14)3/h4-8H,9H2,1-3H3,(H,20,22). The second-order valence-electron chi connectivity index (χ2n) is 5.61. The Hall–Kier alpha value is -2.53. The average Bonchev–Trinajstić information content (AvgIpc) is 3.14. The number of nitrogens with zero attached hydrogens (tertiary/aromatic N) is 1. The first-order valence-corrected chi connectivity index (χ1v) is 7.90. The monoisotopic (exact) mass is 344 g/mol. The van der Waals surface area contributed by atoms with Gasteiger partial charge >= 0.3 is 0 Å². The second-order valence-corrected chi connectivity index (χ2v) is 6.02. The predicted octanol–water partition coefficient (Wildman–Crippen LogP) is 4.69. The lowest BCUT2D eigenvalue weighted by atomic mass is 10.1. The summed E-state index contributed by atoms with van der Waals surface area (Å²) in [4.78, 5) is 12.3. The van der Waals surface area contributed by atoms with Gasteiger partial charge < -0.3 is 14.3 Å². The van der Waals surface area contributed by atoms with Crippen LogP contribution in [-0.2, 0) is 6.42 Å². The van der Waals surface area contributed by atoms with Crippen LogP contribution in [0.4, 0.5) is 5.69 Å². The van der Waals surface area contributed by atoms with Crippen LogP contribution in [0.3, 0.4) is 0 Å². The van der Waals surface area contributed by atoms with Crippen LogP contribution in [0.2, 0.25) is 5.02 Å². The summed E-state index contributed by atoms with van der Waals surface area (Å²) in [7, 11) is 0. The molecule has 2 aromatic heterocycles. The number of hydrogen-bond donors (Lipinski definition) is 1. The summed E-state index contributed by atoms with van der Waals surface area (Å²) in [6.45, 7) is 5.58. The molecule has 0 aliphatic rings. The molecule has 0 aliphatic carbocycles. The maximum Gasteiger partial charge on any atom is 0.291 e. The Labute approximate surface area is 144 Å². The molecule has 0 saturated heterocycles. The lowest BCUT2D eigenvalue weighted by Gasteiger charge is -2.08. The topological polar surface area (TPSA) is 68.3 Å². The third kappa shape index (κ3) is 3.21. The number of benzene rings is 1. The molecule has 6 heteroatoms. The van der Waals surface area contributed by atoms with E-state index in [4.69, 9.17) is 20.5 Å². The fourth-order valence-electron chi connectivity index (χ4n) is 2.45. The van der Waals surface area contributed by atoms with Gasteiger partial charge in [-0.1, -0.05) is 22.8 Å². The van der Waals surface area contributed by atoms with Crippen LogP contribution in [0.25, 0.3) is 0 Å². The number of carbonyl (C=O) groups is 1. The molecule has 2 heterocycles. The van der Waals surface area contributed by atoms with E-state index in [9.17, 15) is 4.79 Å². The van der Waals surface area contributed by atoms with Crippen LogP contribution in [-0.4, -0.2) is 11.1 Å². The molecule has 1 N–H and O–H groups in total. The first kappa shape index (κ1) is 16.3. The van der Waals surface area contributed by atoms with Crippen LogP contribution < -0.4 is 5.32 Å². The van der Waals surface area contributed by atoms with Gasteiger partial charge in [0.05, 0.1) is 5.69 Å². The van der Waals surface area contributed by atoms with E-state index in [1.54, 1.807) is 30.3 Å². The van der Waals surface area contributed by atoms with Crippen molar-refractivity contribution < 1.29 is 13.7 Å². The zero-order valence-corrected chi connectivity index (χ0v) is 14.4. The molecular formula is C18H17ClN2O3. The quantitative estimate of drug-likeness (QED) is 0.745. The summed E-state index contributed by atoms with van der Waals surface area (Å²) in [5.41, 5.74) is 3.28. The molecule has 5 nitrogen and oxygen atoms in total. The Morgan fingerprint density at radius 3 is 2.71 bits per heavy atom. The first-order valence-electron chi connectivity index (χ1n) is 7.52. The van der Waals surface area contributed by atoms with Crippen molar-refractivity contribution in [2.24, 2.45) is 0 Å². The maximum atomic E-state index is 12.3. The summed E-state index contributed by atoms with van der Waals surface area (Å²) in [6, 6.07) is 8.80. The molecule has 124 valence electrons. The van der Waals surface area contributed by atoms with E-state index >= 15 is 0 Å². The highest BCUT2D eigenvalue weighted by molar-refractivity contribution is 6.31. The Morgan fingerprint density at radius 1 is 1.21 bits per heavy atom. The fourth-order valence-corrected chi connectivity index (χ4v) is 2.62. The van der Waals surface area contributed by atoms with E-state index in [0.29, 0.717) is 22.9 Å². The number of carbonyl (C=O) groups excluding carboxylic acids is 1. The number of anilines is 1. The fraction of sp³-hybridized carbons (Fsp3) is 0.222. The molecule has 3 rings (SSSR count). The number of aromatic nitrogens is 1. The zero-order chi connectivity index (χ0) is 17.3. The van der Waals surface area contributed by atoms with Crippen LogP contribution in [0, 0.1) is 20.8 Å². The van der Waals surface area contributed by atoms with E-state index in [1.165, 1.54) is 0 Å². The number of amides is 1. The van der Waals surface area contributed by atoms with Gasteiger partial charge in [0.25, 0.3) is 5.91 Å². The molecule has 0 bridgehead atoms. The van der Waals surface area contributed by atoms with Gasteiger partial charge in [0, 0.05) is 22.7 Å². The number of furan rings is 1. The number of rotatable bonds is 4. The van der Waals surface area contributed by atoms with E-state index in [0.717, 1.165) is 22.6 Å². The molecule has 0 radical (unpaired) electrons. The summed E-state index contributed by atoms with van der Waals surface area (Å²) in [5.74, 6) is 1.36. The Kier molecular flexibility index (Phi) is 4.44. The molecule has 24 heavy (non-hydrogen) atoms. The predicted molar refractivity (Wildman–Crippen MR) is 91.6 cm³/mol. The Balaban J connectivity index is 1.75. The molecule has 0 aliphatic heterocycles. The maximum absolute atomic E-state index is 12.3. The molecule has 0 fully saturated rings. The lowest BCUT2D eigenvalue weighted by molar-refractivity contribution is 0.0995. The third-order valence-electron chi connectivity index (χ3n) is 3.93. The Morgan fingerprint density at radius 2 is 2.00 bits per heavy atom. The minimum Gasteiger partial charge on any atom is -0.456 e. The van der Waals surface area contributed by atoms with Gasteiger partial charge in [0.2, 0.25) is 0 Å². The second kappa shape index (κ2) is 6.53. The van der Waals surface area contributed by atoms with E-state index in [-0.39, 0.29) is 11.7 Å². The summed E-state index contributed by atoms with van der Waals surface area (Å²) < 4.78 is 10.8. The van der Waals surface area contributed by atoms with E-state index in [2.05, 4.69) is 10.5 Å². The van der Waals surface area contributed by atoms with Crippen LogP contribution in [0.15, 0.2) is 39.3 Å². The normalized spacial score (nSPS) is 10.8. The van der Waals surface area contributed by atoms with E-state index < -0.39 is 0 Å². The highest BCUT2D eigenvalue weighted by Crippen LogP contribution is 2.24. The van der Waals surface area contributed by atoms with E-state index in [1.807, 2.05) is 20.8 Å². The van der Waals surface area contributed by atoms with Gasteiger partial charge in [-0.2, -0.15) is 0 Å². The summed E-state index contributed by atoms with van der Waals surface area (Å²) in [5, 5.41) is 7.34. The van der Waals surface area contributed by atoms with Gasteiger partial charge in [0.1, 0.15) is 11.5 Å². The molecule has 1 amide bonds. The molecule has 0 unspecified atom stereocenters. The SMILES string of the molecule is Cc1noc(C)c1Cc1ccc(C(=O)Nc2cccc(Cl)c2C)o1. The van der Waals surface area contributed by atoms with Gasteiger partial charge in [-0.25, -0.2) is 0 Å². The highest BCUT2D eigenvalue weighted by Gasteiger charge is 2.16. The van der Waals surface area contributed by atoms with Crippen LogP contribution in [0.1, 0.15) is 38.9 Å². The summed E-state index contributed by atoms with van der Waals surface area (Å²) in [6.07, 6.45) is 0.532. The van der Waals surface area contributed by atoms with Crippen molar-refractivity contribution in [3.63, 3.8) is 0 Å². The van der Waals surface area contributed by atoms with Crippen molar-refractivity contribution in [2.75, 3.05) is 5.32 Å². The third-order valence-corrected chi connectivity index (χ3v) is 4.34. The lowest BCUT2D eigenvalue weighted by Crippen LogP contribution is -2.11. The Bertz CT molecular complexity index is 876. The van der Waals surface area contributed by atoms with Crippen molar-refractivity contribution in [3.05, 3.63) is 69.5 Å². The van der Waals surface area contributed by atoms with Crippen LogP contribution >= 0.6 is 11.6 Å². The van der Waals surface area contributed by atoms with Crippen molar-refractivity contribution in [1.82, 2.24) is 5.16 Å². The highest BCUT2D eigenvalue weighted by atomic mass is 35.5. The number of aryl methyl sites for hydroxylation is 2. The zero-order valence-electron chi connectivity index (χ0n) is 13.6. The number of hydrogen-bond acceptors (Lipinski definition) is 4. The smallest absolute Gasteiger partial charge is 0.291 e. The van der Waals surface area contributed by atoms with Gasteiger partial charge in [-0.15, -0.1) is 0 Å². The van der Waals surface area contributed by atoms with Crippen molar-refractivity contribution >= 4 is 23.2 Å². The van der Waals surface area contributed by atoms with Crippen LogP contribution in [0.5, 0.6) is 0 Å². The molecule has 3 aromatic rings. The van der Waals surface area contributed by atoms with Crippen molar-refractivity contribution in [2.45, 2.75) is 27.2 Å². The molecule has 0 saturated carbocycles.